The van der Waals surface area contributed by atoms with Crippen molar-refractivity contribution in [3.63, 3.8) is 0 Å². The zero-order valence-electron chi connectivity index (χ0n) is 9.63. The zero-order valence-corrected chi connectivity index (χ0v) is 9.63. The summed E-state index contributed by atoms with van der Waals surface area (Å²) in [6.45, 7) is 3.97. The Hall–Kier alpha value is -1.26. The maximum absolute atomic E-state index is 5.49. The zero-order chi connectivity index (χ0) is 11.5. The van der Waals surface area contributed by atoms with Crippen LogP contribution in [0.4, 0.5) is 0 Å². The van der Waals surface area contributed by atoms with Crippen molar-refractivity contribution in [3.8, 4) is 11.5 Å². The minimum absolute atomic E-state index is 0.318. The summed E-state index contributed by atoms with van der Waals surface area (Å²) < 4.78 is 10.4. The summed E-state index contributed by atoms with van der Waals surface area (Å²) in [6.07, 6.45) is 0. The van der Waals surface area contributed by atoms with Crippen LogP contribution in [0, 0.1) is 0 Å². The van der Waals surface area contributed by atoms with Gasteiger partial charge in [-0.3, -0.25) is 11.3 Å². The number of ether oxygens (including phenoxy) is 2. The van der Waals surface area contributed by atoms with Gasteiger partial charge in [-0.1, -0.05) is 0 Å². The second-order valence-electron chi connectivity index (χ2n) is 3.87. The van der Waals surface area contributed by atoms with Crippen molar-refractivity contribution in [2.24, 2.45) is 5.84 Å². The van der Waals surface area contributed by atoms with Crippen molar-refractivity contribution in [1.29, 1.82) is 0 Å². The first-order chi connectivity index (χ1) is 7.03. The van der Waals surface area contributed by atoms with E-state index in [9.17, 15) is 0 Å². The summed E-state index contributed by atoms with van der Waals surface area (Å²) in [5.41, 5.74) is 3.45. The molecule has 3 N–H and O–H groups in total. The first kappa shape index (κ1) is 11.8. The SMILES string of the molecule is COc1cc(OC)cc(C(C)(C)NN)c1. The minimum Gasteiger partial charge on any atom is -0.497 e. The Bertz CT molecular complexity index is 315. The summed E-state index contributed by atoms with van der Waals surface area (Å²) in [4.78, 5) is 0. The maximum Gasteiger partial charge on any atom is 0.122 e. The van der Waals surface area contributed by atoms with E-state index in [0.717, 1.165) is 17.1 Å². The molecule has 0 bridgehead atoms. The van der Waals surface area contributed by atoms with Gasteiger partial charge < -0.3 is 9.47 Å². The summed E-state index contributed by atoms with van der Waals surface area (Å²) in [7, 11) is 3.25. The molecule has 0 aliphatic heterocycles. The molecule has 0 aromatic heterocycles. The van der Waals surface area contributed by atoms with Crippen LogP contribution >= 0.6 is 0 Å². The molecule has 0 amide bonds. The van der Waals surface area contributed by atoms with Crippen molar-refractivity contribution in [1.82, 2.24) is 5.43 Å². The highest BCUT2D eigenvalue weighted by Crippen LogP contribution is 2.28. The van der Waals surface area contributed by atoms with Crippen molar-refractivity contribution in [2.75, 3.05) is 14.2 Å². The van der Waals surface area contributed by atoms with E-state index >= 15 is 0 Å². The van der Waals surface area contributed by atoms with Gasteiger partial charge in [0, 0.05) is 6.07 Å². The number of hydrogen-bond donors (Lipinski definition) is 2. The highest BCUT2D eigenvalue weighted by atomic mass is 16.5. The van der Waals surface area contributed by atoms with Crippen LogP contribution in [0.3, 0.4) is 0 Å². The lowest BCUT2D eigenvalue weighted by molar-refractivity contribution is 0.379. The topological polar surface area (TPSA) is 56.5 Å². The lowest BCUT2D eigenvalue weighted by Gasteiger charge is -2.25. The highest BCUT2D eigenvalue weighted by Gasteiger charge is 2.19. The quantitative estimate of drug-likeness (QED) is 0.582. The minimum atomic E-state index is -0.318. The van der Waals surface area contributed by atoms with E-state index in [2.05, 4.69) is 5.43 Å². The molecule has 1 rings (SSSR count). The van der Waals surface area contributed by atoms with Crippen LogP contribution in [0.15, 0.2) is 18.2 Å². The Morgan fingerprint density at radius 2 is 1.53 bits per heavy atom. The lowest BCUT2D eigenvalue weighted by atomic mass is 9.95. The molecule has 15 heavy (non-hydrogen) atoms. The van der Waals surface area contributed by atoms with Crippen molar-refractivity contribution >= 4 is 0 Å². The second kappa shape index (κ2) is 4.51. The van der Waals surface area contributed by atoms with Gasteiger partial charge in [0.25, 0.3) is 0 Å². The number of nitrogens with one attached hydrogen (secondary N) is 1. The fraction of sp³-hybridized carbons (Fsp3) is 0.455. The lowest BCUT2D eigenvalue weighted by Crippen LogP contribution is -2.41. The Kier molecular flexibility index (Phi) is 3.55. The molecule has 0 unspecified atom stereocenters. The molecule has 0 radical (unpaired) electrons. The number of rotatable bonds is 4. The molecule has 0 spiro atoms. The van der Waals surface area contributed by atoms with E-state index in [1.807, 2.05) is 32.0 Å². The van der Waals surface area contributed by atoms with Crippen LogP contribution < -0.4 is 20.7 Å². The van der Waals surface area contributed by atoms with Gasteiger partial charge in [-0.15, -0.1) is 0 Å². The molecule has 0 atom stereocenters. The number of hydrazine groups is 1. The van der Waals surface area contributed by atoms with Crippen LogP contribution in [-0.4, -0.2) is 14.2 Å². The van der Waals surface area contributed by atoms with Gasteiger partial charge in [0.1, 0.15) is 11.5 Å². The number of methoxy groups -OCH3 is 2. The molecule has 0 heterocycles. The van der Waals surface area contributed by atoms with Crippen LogP contribution in [0.2, 0.25) is 0 Å². The first-order valence-electron chi connectivity index (χ1n) is 4.75. The molecule has 0 aliphatic carbocycles. The molecule has 0 saturated carbocycles. The van der Waals surface area contributed by atoms with E-state index in [1.165, 1.54) is 0 Å². The number of nitrogens with two attached hydrogens (primary N) is 1. The van der Waals surface area contributed by atoms with Crippen LogP contribution in [-0.2, 0) is 5.54 Å². The summed E-state index contributed by atoms with van der Waals surface area (Å²) in [5.74, 6) is 7.00. The molecule has 4 heteroatoms. The molecule has 4 nitrogen and oxygen atoms in total. The first-order valence-corrected chi connectivity index (χ1v) is 4.75. The van der Waals surface area contributed by atoms with Gasteiger partial charge in [-0.2, -0.15) is 0 Å². The fourth-order valence-corrected chi connectivity index (χ4v) is 1.25. The predicted octanol–water partition coefficient (Wildman–Crippen LogP) is 1.40. The Labute approximate surface area is 90.3 Å². The molecule has 0 aliphatic rings. The highest BCUT2D eigenvalue weighted by molar-refractivity contribution is 5.41. The van der Waals surface area contributed by atoms with Gasteiger partial charge in [0.05, 0.1) is 19.8 Å². The monoisotopic (exact) mass is 210 g/mol. The van der Waals surface area contributed by atoms with Crippen molar-refractivity contribution in [3.05, 3.63) is 23.8 Å². The summed E-state index contributed by atoms with van der Waals surface area (Å²) in [6, 6.07) is 5.70. The molecule has 0 saturated heterocycles. The Morgan fingerprint density at radius 1 is 1.07 bits per heavy atom. The maximum atomic E-state index is 5.49. The summed E-state index contributed by atoms with van der Waals surface area (Å²) in [5, 5.41) is 0. The average Bonchev–Trinajstić information content (AvgIpc) is 2.28. The van der Waals surface area contributed by atoms with Gasteiger partial charge in [-0.05, 0) is 31.5 Å². The van der Waals surface area contributed by atoms with Gasteiger partial charge in [0.15, 0.2) is 0 Å². The van der Waals surface area contributed by atoms with E-state index in [0.29, 0.717) is 0 Å². The smallest absolute Gasteiger partial charge is 0.122 e. The van der Waals surface area contributed by atoms with Gasteiger partial charge >= 0.3 is 0 Å². The second-order valence-corrected chi connectivity index (χ2v) is 3.87. The molecule has 84 valence electrons. The van der Waals surface area contributed by atoms with Crippen LogP contribution in [0.1, 0.15) is 19.4 Å². The van der Waals surface area contributed by atoms with E-state index in [1.54, 1.807) is 14.2 Å². The molecule has 1 aromatic carbocycles. The van der Waals surface area contributed by atoms with Crippen LogP contribution in [0.25, 0.3) is 0 Å². The third-order valence-electron chi connectivity index (χ3n) is 2.43. The molecule has 1 aromatic rings. The third kappa shape index (κ3) is 2.61. The predicted molar refractivity (Wildman–Crippen MR) is 59.9 cm³/mol. The molecular formula is C11H18N2O2. The average molecular weight is 210 g/mol. The van der Waals surface area contributed by atoms with Crippen molar-refractivity contribution < 1.29 is 9.47 Å². The molecular weight excluding hydrogens is 192 g/mol. The number of hydrogen-bond acceptors (Lipinski definition) is 4. The normalized spacial score (nSPS) is 11.3. The molecule has 0 fully saturated rings. The fourth-order valence-electron chi connectivity index (χ4n) is 1.25. The van der Waals surface area contributed by atoms with E-state index < -0.39 is 0 Å². The van der Waals surface area contributed by atoms with Gasteiger partial charge in [-0.25, -0.2) is 0 Å². The van der Waals surface area contributed by atoms with E-state index in [-0.39, 0.29) is 5.54 Å². The Morgan fingerprint density at radius 3 is 1.87 bits per heavy atom. The van der Waals surface area contributed by atoms with E-state index in [4.69, 9.17) is 15.3 Å². The largest absolute Gasteiger partial charge is 0.497 e. The third-order valence-corrected chi connectivity index (χ3v) is 2.43. The van der Waals surface area contributed by atoms with Crippen molar-refractivity contribution in [2.45, 2.75) is 19.4 Å². The standard InChI is InChI=1S/C11H18N2O2/c1-11(2,13-12)8-5-9(14-3)7-10(6-8)15-4/h5-7,13H,12H2,1-4H3. The summed E-state index contributed by atoms with van der Waals surface area (Å²) >= 11 is 0. The van der Waals surface area contributed by atoms with Gasteiger partial charge in [0.2, 0.25) is 0 Å². The Balaban J connectivity index is 3.18. The van der Waals surface area contributed by atoms with Crippen LogP contribution in [0.5, 0.6) is 11.5 Å². The number of benzene rings is 1.